The summed E-state index contributed by atoms with van der Waals surface area (Å²) in [6.07, 6.45) is 4.32. The van der Waals surface area contributed by atoms with Gasteiger partial charge in [-0.1, -0.05) is 24.0 Å². The summed E-state index contributed by atoms with van der Waals surface area (Å²) >= 11 is 1.86. The molecule has 0 saturated carbocycles. The zero-order chi connectivity index (χ0) is 11.3. The lowest BCUT2D eigenvalue weighted by atomic mass is 10.0. The van der Waals surface area contributed by atoms with E-state index in [1.165, 1.54) is 0 Å². The Hall–Kier alpha value is -0.910. The van der Waals surface area contributed by atoms with E-state index < -0.39 is 0 Å². The molecule has 0 amide bonds. The lowest BCUT2D eigenvalue weighted by Gasteiger charge is -2.29. The van der Waals surface area contributed by atoms with Crippen LogP contribution in [0.1, 0.15) is 26.7 Å². The van der Waals surface area contributed by atoms with Gasteiger partial charge in [-0.25, -0.2) is 0 Å². The molecule has 0 aliphatic rings. The second-order valence-electron chi connectivity index (χ2n) is 3.39. The number of nitrogens with two attached hydrogens (primary N) is 1. The second kappa shape index (κ2) is 5.25. The van der Waals surface area contributed by atoms with Crippen LogP contribution in [0.25, 0.3) is 0 Å². The second-order valence-corrected chi connectivity index (χ2v) is 4.67. The molecule has 0 aliphatic heterocycles. The maximum atomic E-state index is 5.33. The highest BCUT2D eigenvalue weighted by molar-refractivity contribution is 8.00. The summed E-state index contributed by atoms with van der Waals surface area (Å²) in [5, 5.41) is 10.5. The van der Waals surface area contributed by atoms with Crippen LogP contribution in [-0.4, -0.2) is 27.7 Å². The highest BCUT2D eigenvalue weighted by atomic mass is 32.2. The predicted octanol–water partition coefficient (Wildman–Crippen LogP) is 1.99. The third-order valence-electron chi connectivity index (χ3n) is 2.72. The smallest absolute Gasteiger partial charge is 0.316 e. The Kier molecular flexibility index (Phi) is 4.26. The zero-order valence-corrected chi connectivity index (χ0v) is 10.2. The minimum Gasteiger partial charge on any atom is -0.390 e. The highest BCUT2D eigenvalue weighted by Gasteiger charge is 2.25. The van der Waals surface area contributed by atoms with E-state index in [4.69, 9.17) is 10.2 Å². The summed E-state index contributed by atoms with van der Waals surface area (Å²) in [6.45, 7) is 5.18. The molecule has 0 radical (unpaired) electrons. The van der Waals surface area contributed by atoms with E-state index in [2.05, 4.69) is 35.6 Å². The fraction of sp³-hybridized carbons (Fsp3) is 0.778. The van der Waals surface area contributed by atoms with Crippen molar-refractivity contribution in [2.45, 2.75) is 31.4 Å². The number of nitrogens with zero attached hydrogens (tertiary/aromatic N) is 2. The zero-order valence-electron chi connectivity index (χ0n) is 9.41. The molecule has 1 aromatic heterocycles. The lowest BCUT2D eigenvalue weighted by molar-refractivity contribution is 0.545. The predicted molar refractivity (Wildman–Crippen MR) is 64.0 cm³/mol. The van der Waals surface area contributed by atoms with Gasteiger partial charge >= 0.3 is 12.0 Å². The molecule has 0 fully saturated rings. The maximum Gasteiger partial charge on any atom is 0.316 e. The Balaban J connectivity index is 2.54. The quantitative estimate of drug-likeness (QED) is 0.778. The van der Waals surface area contributed by atoms with Crippen LogP contribution in [0.5, 0.6) is 0 Å². The number of hydrogen-bond donors (Lipinski definition) is 2. The average molecular weight is 230 g/mol. The van der Waals surface area contributed by atoms with Gasteiger partial charge in [0, 0.05) is 11.3 Å². The average Bonchev–Trinajstić information content (AvgIpc) is 2.67. The fourth-order valence-electron chi connectivity index (χ4n) is 1.40. The van der Waals surface area contributed by atoms with Crippen molar-refractivity contribution >= 4 is 23.8 Å². The van der Waals surface area contributed by atoms with Crippen LogP contribution >= 0.6 is 11.8 Å². The maximum absolute atomic E-state index is 5.33. The molecule has 0 aromatic carbocycles. The van der Waals surface area contributed by atoms with Gasteiger partial charge in [0.05, 0.1) is 0 Å². The number of nitrogen functional groups attached to an aromatic ring is 1. The van der Waals surface area contributed by atoms with E-state index in [-0.39, 0.29) is 10.8 Å². The topological polar surface area (TPSA) is 77.0 Å². The van der Waals surface area contributed by atoms with Gasteiger partial charge in [-0.15, -0.1) is 0 Å². The van der Waals surface area contributed by atoms with Crippen molar-refractivity contribution in [3.63, 3.8) is 0 Å². The van der Waals surface area contributed by atoms with Gasteiger partial charge in [-0.2, -0.15) is 11.8 Å². The third kappa shape index (κ3) is 3.02. The van der Waals surface area contributed by atoms with Gasteiger partial charge in [-0.05, 0) is 19.1 Å². The van der Waals surface area contributed by atoms with Crippen molar-refractivity contribution in [2.24, 2.45) is 0 Å². The van der Waals surface area contributed by atoms with E-state index in [9.17, 15) is 0 Å². The standard InChI is InChI=1S/C9H18N4OS/c1-4-9(5-2,15-3)6-11-8-13-12-7(10)14-8/h4-6H2,1-3H3,(H2,10,12)(H,11,13). The van der Waals surface area contributed by atoms with Crippen LogP contribution in [0.3, 0.4) is 0 Å². The van der Waals surface area contributed by atoms with Crippen LogP contribution in [0.15, 0.2) is 4.42 Å². The SMILES string of the molecule is CCC(CC)(CNc1nnc(N)o1)SC. The number of hydrogen-bond acceptors (Lipinski definition) is 6. The molecule has 0 atom stereocenters. The molecule has 0 bridgehead atoms. The first-order chi connectivity index (χ1) is 7.15. The first-order valence-corrected chi connectivity index (χ1v) is 6.26. The van der Waals surface area contributed by atoms with Gasteiger partial charge in [0.2, 0.25) is 0 Å². The number of rotatable bonds is 6. The van der Waals surface area contributed by atoms with Gasteiger partial charge in [0.25, 0.3) is 0 Å². The van der Waals surface area contributed by atoms with Gasteiger partial charge in [0.15, 0.2) is 0 Å². The van der Waals surface area contributed by atoms with Crippen molar-refractivity contribution in [3.8, 4) is 0 Å². The Morgan fingerprint density at radius 2 is 2.07 bits per heavy atom. The molecule has 0 aliphatic carbocycles. The van der Waals surface area contributed by atoms with Crippen molar-refractivity contribution in [1.29, 1.82) is 0 Å². The number of thioether (sulfide) groups is 1. The molecule has 0 spiro atoms. The molecule has 6 heteroatoms. The minimum atomic E-state index is 0.0975. The molecule has 0 unspecified atom stereocenters. The normalized spacial score (nSPS) is 11.7. The molecule has 1 heterocycles. The summed E-state index contributed by atoms with van der Waals surface area (Å²) in [6, 6.07) is 0.494. The molecule has 1 rings (SSSR count). The van der Waals surface area contributed by atoms with Gasteiger partial charge in [0.1, 0.15) is 0 Å². The summed E-state index contributed by atoms with van der Waals surface area (Å²) in [5.41, 5.74) is 5.33. The highest BCUT2D eigenvalue weighted by Crippen LogP contribution is 2.30. The minimum absolute atomic E-state index is 0.0975. The molecule has 1 aromatic rings. The Morgan fingerprint density at radius 1 is 1.40 bits per heavy atom. The molecule has 0 saturated heterocycles. The van der Waals surface area contributed by atoms with E-state index in [0.717, 1.165) is 19.4 Å². The fourth-order valence-corrected chi connectivity index (χ4v) is 2.20. The van der Waals surface area contributed by atoms with Crippen molar-refractivity contribution in [1.82, 2.24) is 10.2 Å². The first kappa shape index (κ1) is 12.2. The molecule has 15 heavy (non-hydrogen) atoms. The number of aromatic nitrogens is 2. The van der Waals surface area contributed by atoms with E-state index in [1.807, 2.05) is 11.8 Å². The first-order valence-electron chi connectivity index (χ1n) is 5.03. The molecule has 3 N–H and O–H groups in total. The van der Waals surface area contributed by atoms with Crippen LogP contribution in [0.4, 0.5) is 12.0 Å². The monoisotopic (exact) mass is 230 g/mol. The lowest BCUT2D eigenvalue weighted by Crippen LogP contribution is -2.32. The van der Waals surface area contributed by atoms with Crippen LogP contribution in [-0.2, 0) is 0 Å². The van der Waals surface area contributed by atoms with Crippen molar-refractivity contribution in [2.75, 3.05) is 23.9 Å². The summed E-state index contributed by atoms with van der Waals surface area (Å²) in [7, 11) is 0. The third-order valence-corrected chi connectivity index (χ3v) is 4.31. The van der Waals surface area contributed by atoms with E-state index >= 15 is 0 Å². The van der Waals surface area contributed by atoms with Crippen molar-refractivity contribution in [3.05, 3.63) is 0 Å². The summed E-state index contributed by atoms with van der Waals surface area (Å²) in [4.78, 5) is 0. The molecular weight excluding hydrogens is 212 g/mol. The van der Waals surface area contributed by atoms with E-state index in [0.29, 0.717) is 6.01 Å². The molecule has 86 valence electrons. The summed E-state index contributed by atoms with van der Waals surface area (Å²) in [5.74, 6) is 0. The molecule has 5 nitrogen and oxygen atoms in total. The van der Waals surface area contributed by atoms with Gasteiger partial charge < -0.3 is 15.5 Å². The number of nitrogens with one attached hydrogen (secondary N) is 1. The summed E-state index contributed by atoms with van der Waals surface area (Å²) < 4.78 is 5.27. The van der Waals surface area contributed by atoms with E-state index in [1.54, 1.807) is 0 Å². The largest absolute Gasteiger partial charge is 0.390 e. The Bertz CT molecular complexity index is 290. The van der Waals surface area contributed by atoms with Crippen molar-refractivity contribution < 1.29 is 4.42 Å². The molecular formula is C9H18N4OS. The van der Waals surface area contributed by atoms with Crippen LogP contribution in [0, 0.1) is 0 Å². The van der Waals surface area contributed by atoms with Gasteiger partial charge in [-0.3, -0.25) is 0 Å². The Labute approximate surface area is 94.2 Å². The number of anilines is 2. The van der Waals surface area contributed by atoms with Crippen LogP contribution in [0.2, 0.25) is 0 Å². The van der Waals surface area contributed by atoms with Crippen LogP contribution < -0.4 is 11.1 Å². The Morgan fingerprint density at radius 3 is 2.47 bits per heavy atom.